The van der Waals surface area contributed by atoms with Gasteiger partial charge in [0.1, 0.15) is 0 Å². The van der Waals surface area contributed by atoms with Crippen molar-refractivity contribution >= 4 is 10.9 Å². The highest BCUT2D eigenvalue weighted by Gasteiger charge is 2.19. The average molecular weight is 262 g/mol. The summed E-state index contributed by atoms with van der Waals surface area (Å²) in [6, 6.07) is 19.6. The van der Waals surface area contributed by atoms with Crippen LogP contribution in [0.25, 0.3) is 22.0 Å². The molecule has 0 spiro atoms. The Hall–Kier alpha value is -2.06. The summed E-state index contributed by atoms with van der Waals surface area (Å²) < 4.78 is 2.50. The topological polar surface area (TPSA) is 17.0 Å². The fourth-order valence-corrected chi connectivity index (χ4v) is 3.32. The number of aromatic nitrogens is 1. The van der Waals surface area contributed by atoms with Crippen molar-refractivity contribution in [3.63, 3.8) is 0 Å². The predicted molar refractivity (Wildman–Crippen MR) is 83.9 cm³/mol. The molecule has 2 heteroatoms. The Morgan fingerprint density at radius 3 is 2.55 bits per heavy atom. The molecule has 1 N–H and O–H groups in total. The normalized spacial score (nSPS) is 15.0. The SMILES string of the molecule is c1ccc(-c2c3n(c4ccccc24)CCNCC3)cc1. The molecule has 20 heavy (non-hydrogen) atoms. The molecular formula is C18H18N2. The second kappa shape index (κ2) is 4.80. The quantitative estimate of drug-likeness (QED) is 0.710. The molecule has 0 atom stereocenters. The number of rotatable bonds is 1. The third-order valence-electron chi connectivity index (χ3n) is 4.19. The zero-order chi connectivity index (χ0) is 13.4. The first-order chi connectivity index (χ1) is 9.95. The van der Waals surface area contributed by atoms with Crippen molar-refractivity contribution < 1.29 is 0 Å². The van der Waals surface area contributed by atoms with Crippen LogP contribution in [0.15, 0.2) is 54.6 Å². The lowest BCUT2D eigenvalue weighted by Crippen LogP contribution is -2.17. The molecular weight excluding hydrogens is 244 g/mol. The molecule has 0 saturated heterocycles. The number of benzene rings is 2. The van der Waals surface area contributed by atoms with Crippen molar-refractivity contribution in [2.75, 3.05) is 13.1 Å². The fourth-order valence-electron chi connectivity index (χ4n) is 3.32. The van der Waals surface area contributed by atoms with Crippen LogP contribution in [0.4, 0.5) is 0 Å². The van der Waals surface area contributed by atoms with E-state index in [1.807, 2.05) is 0 Å². The zero-order valence-corrected chi connectivity index (χ0v) is 11.5. The standard InChI is InChI=1S/C18H18N2/c1-2-6-14(7-3-1)18-15-8-4-5-9-16(15)20-13-12-19-11-10-17(18)20/h1-9,19H,10-13H2. The number of fused-ring (bicyclic) bond motifs is 3. The van der Waals surface area contributed by atoms with Gasteiger partial charge in [0, 0.05) is 48.2 Å². The van der Waals surface area contributed by atoms with Crippen LogP contribution in [0.3, 0.4) is 0 Å². The van der Waals surface area contributed by atoms with Crippen LogP contribution in [0.2, 0.25) is 0 Å². The molecule has 1 aliphatic rings. The molecule has 0 saturated carbocycles. The summed E-state index contributed by atoms with van der Waals surface area (Å²) >= 11 is 0. The Morgan fingerprint density at radius 1 is 0.850 bits per heavy atom. The lowest BCUT2D eigenvalue weighted by molar-refractivity contribution is 0.658. The van der Waals surface area contributed by atoms with E-state index in [9.17, 15) is 0 Å². The average Bonchev–Trinajstić information content (AvgIpc) is 2.65. The van der Waals surface area contributed by atoms with Crippen molar-refractivity contribution in [3.8, 4) is 11.1 Å². The Labute approximate surface area is 119 Å². The molecule has 2 nitrogen and oxygen atoms in total. The molecule has 0 fully saturated rings. The summed E-state index contributed by atoms with van der Waals surface area (Å²) in [5.74, 6) is 0. The van der Waals surface area contributed by atoms with Crippen LogP contribution >= 0.6 is 0 Å². The number of hydrogen-bond donors (Lipinski definition) is 1. The minimum absolute atomic E-state index is 1.06. The van der Waals surface area contributed by atoms with Gasteiger partial charge in [0.05, 0.1) is 0 Å². The highest BCUT2D eigenvalue weighted by Crippen LogP contribution is 2.35. The van der Waals surface area contributed by atoms with Crippen LogP contribution < -0.4 is 5.32 Å². The summed E-state index contributed by atoms with van der Waals surface area (Å²) in [7, 11) is 0. The Bertz CT molecular complexity index is 741. The third-order valence-corrected chi connectivity index (χ3v) is 4.19. The molecule has 4 rings (SSSR count). The predicted octanol–water partition coefficient (Wildman–Crippen LogP) is 3.45. The molecule has 0 bridgehead atoms. The van der Waals surface area contributed by atoms with E-state index in [4.69, 9.17) is 0 Å². The first-order valence-corrected chi connectivity index (χ1v) is 7.31. The molecule has 3 aromatic rings. The van der Waals surface area contributed by atoms with Crippen LogP contribution in [0.5, 0.6) is 0 Å². The summed E-state index contributed by atoms with van der Waals surface area (Å²) in [6.07, 6.45) is 1.10. The van der Waals surface area contributed by atoms with Crippen molar-refractivity contribution in [2.45, 2.75) is 13.0 Å². The molecule has 1 aliphatic heterocycles. The Balaban J connectivity index is 2.06. The minimum Gasteiger partial charge on any atom is -0.343 e. The van der Waals surface area contributed by atoms with E-state index in [1.54, 1.807) is 0 Å². The van der Waals surface area contributed by atoms with Crippen molar-refractivity contribution in [3.05, 3.63) is 60.3 Å². The molecule has 0 unspecified atom stereocenters. The minimum atomic E-state index is 1.06. The first kappa shape index (κ1) is 11.7. The van der Waals surface area contributed by atoms with E-state index in [1.165, 1.54) is 27.7 Å². The van der Waals surface area contributed by atoms with Crippen LogP contribution in [-0.4, -0.2) is 17.7 Å². The van der Waals surface area contributed by atoms with Gasteiger partial charge in [-0.3, -0.25) is 0 Å². The molecule has 100 valence electrons. The van der Waals surface area contributed by atoms with Gasteiger partial charge in [0.2, 0.25) is 0 Å². The van der Waals surface area contributed by atoms with E-state index in [0.29, 0.717) is 0 Å². The molecule has 0 aliphatic carbocycles. The summed E-state index contributed by atoms with van der Waals surface area (Å²) in [5.41, 5.74) is 5.59. The van der Waals surface area contributed by atoms with Gasteiger partial charge in [0.25, 0.3) is 0 Å². The molecule has 0 radical (unpaired) electrons. The largest absolute Gasteiger partial charge is 0.343 e. The van der Waals surface area contributed by atoms with Gasteiger partial charge in [-0.15, -0.1) is 0 Å². The lowest BCUT2D eigenvalue weighted by atomic mass is 10.0. The highest BCUT2D eigenvalue weighted by atomic mass is 15.0. The van der Waals surface area contributed by atoms with Crippen LogP contribution in [0, 0.1) is 0 Å². The van der Waals surface area contributed by atoms with E-state index < -0.39 is 0 Å². The molecule has 2 heterocycles. The second-order valence-electron chi connectivity index (χ2n) is 5.36. The second-order valence-corrected chi connectivity index (χ2v) is 5.36. The smallest absolute Gasteiger partial charge is 0.0489 e. The van der Waals surface area contributed by atoms with Gasteiger partial charge < -0.3 is 9.88 Å². The number of hydrogen-bond acceptors (Lipinski definition) is 1. The van der Waals surface area contributed by atoms with Crippen LogP contribution in [0.1, 0.15) is 5.69 Å². The van der Waals surface area contributed by atoms with E-state index in [0.717, 1.165) is 26.1 Å². The summed E-state index contributed by atoms with van der Waals surface area (Å²) in [4.78, 5) is 0. The van der Waals surface area contributed by atoms with E-state index >= 15 is 0 Å². The maximum atomic E-state index is 3.50. The molecule has 1 aromatic heterocycles. The number of nitrogens with zero attached hydrogens (tertiary/aromatic N) is 1. The first-order valence-electron chi connectivity index (χ1n) is 7.31. The monoisotopic (exact) mass is 262 g/mol. The number of para-hydroxylation sites is 1. The van der Waals surface area contributed by atoms with Crippen molar-refractivity contribution in [1.29, 1.82) is 0 Å². The molecule has 0 amide bonds. The fraction of sp³-hybridized carbons (Fsp3) is 0.222. The zero-order valence-electron chi connectivity index (χ0n) is 11.5. The van der Waals surface area contributed by atoms with E-state index in [2.05, 4.69) is 64.5 Å². The van der Waals surface area contributed by atoms with E-state index in [-0.39, 0.29) is 0 Å². The molecule has 2 aromatic carbocycles. The van der Waals surface area contributed by atoms with Crippen molar-refractivity contribution in [1.82, 2.24) is 9.88 Å². The van der Waals surface area contributed by atoms with Crippen molar-refractivity contribution in [2.24, 2.45) is 0 Å². The number of nitrogens with one attached hydrogen (secondary N) is 1. The van der Waals surface area contributed by atoms with Gasteiger partial charge in [-0.25, -0.2) is 0 Å². The van der Waals surface area contributed by atoms with Crippen LogP contribution in [-0.2, 0) is 13.0 Å². The Kier molecular flexibility index (Phi) is 2.82. The Morgan fingerprint density at radius 2 is 1.65 bits per heavy atom. The van der Waals surface area contributed by atoms with Gasteiger partial charge in [-0.05, 0) is 11.6 Å². The van der Waals surface area contributed by atoms with Gasteiger partial charge >= 0.3 is 0 Å². The highest BCUT2D eigenvalue weighted by molar-refractivity contribution is 5.98. The van der Waals surface area contributed by atoms with Gasteiger partial charge in [-0.2, -0.15) is 0 Å². The van der Waals surface area contributed by atoms with Gasteiger partial charge in [0.15, 0.2) is 0 Å². The third kappa shape index (κ3) is 1.76. The maximum Gasteiger partial charge on any atom is 0.0489 e. The summed E-state index contributed by atoms with van der Waals surface area (Å²) in [6.45, 7) is 3.18. The summed E-state index contributed by atoms with van der Waals surface area (Å²) in [5, 5.41) is 4.89. The maximum absolute atomic E-state index is 3.50. The van der Waals surface area contributed by atoms with Gasteiger partial charge in [-0.1, -0.05) is 48.5 Å². The lowest BCUT2D eigenvalue weighted by Gasteiger charge is -2.07.